The number of methoxy groups -OCH3 is 1. The summed E-state index contributed by atoms with van der Waals surface area (Å²) in [6.45, 7) is 1.34. The zero-order valence-electron chi connectivity index (χ0n) is 33.4. The van der Waals surface area contributed by atoms with E-state index in [9.17, 15) is 4.79 Å². The number of hydrogen-bond acceptors (Lipinski definition) is 8. The molecule has 1 unspecified atom stereocenters. The van der Waals surface area contributed by atoms with Crippen LogP contribution < -0.4 is 23.7 Å². The molecule has 0 spiro atoms. The molecule has 3 atom stereocenters. The van der Waals surface area contributed by atoms with Gasteiger partial charge in [0, 0.05) is 36.8 Å². The molecule has 0 aromatic heterocycles. The van der Waals surface area contributed by atoms with Gasteiger partial charge in [0.05, 0.1) is 0 Å². The molecule has 0 bridgehead atoms. The summed E-state index contributed by atoms with van der Waals surface area (Å²) in [6.07, 6.45) is -2.22. The highest BCUT2D eigenvalue weighted by molar-refractivity contribution is 5.77. The molecule has 1 aliphatic rings. The molecule has 8 nitrogen and oxygen atoms in total. The Labute approximate surface area is 350 Å². The molecule has 0 radical (unpaired) electrons. The second-order valence-corrected chi connectivity index (χ2v) is 14.4. The maximum atomic E-state index is 14.1. The standard InChI is InChI=1S/C52H46O8/c1-54-51(41-25-15-6-16-26-41)52(53)60-49-32-44-46(57-35-39-21-11-4-12-22-39)30-43(55-33-37-17-7-2-8-18-37)31-47(44)59-50(49)42-27-28-45(56-34-38-19-9-3-10-20-38)48(29-42)58-36-40-23-13-5-14-24-40/h2-31,49-51H,32-36H2,1H3/t49-,50-,51?/m0/s1. The Kier molecular flexibility index (Phi) is 13.0. The van der Waals surface area contributed by atoms with Crippen molar-refractivity contribution in [2.75, 3.05) is 7.11 Å². The molecule has 0 saturated heterocycles. The number of ether oxygens (including phenoxy) is 7. The van der Waals surface area contributed by atoms with Crippen molar-refractivity contribution in [3.05, 3.63) is 221 Å². The van der Waals surface area contributed by atoms with Crippen LogP contribution in [0.15, 0.2) is 182 Å². The van der Waals surface area contributed by atoms with Gasteiger partial charge in [0.1, 0.15) is 49.8 Å². The summed E-state index contributed by atoms with van der Waals surface area (Å²) < 4.78 is 44.8. The summed E-state index contributed by atoms with van der Waals surface area (Å²) >= 11 is 0. The van der Waals surface area contributed by atoms with Gasteiger partial charge in [-0.2, -0.15) is 0 Å². The molecule has 8 rings (SSSR count). The van der Waals surface area contributed by atoms with Gasteiger partial charge >= 0.3 is 5.97 Å². The zero-order chi connectivity index (χ0) is 40.9. The fourth-order valence-electron chi connectivity index (χ4n) is 7.11. The highest BCUT2D eigenvalue weighted by Crippen LogP contribution is 2.45. The van der Waals surface area contributed by atoms with E-state index in [-0.39, 0.29) is 6.42 Å². The molecular weight excluding hydrogens is 753 g/mol. The van der Waals surface area contributed by atoms with Gasteiger partial charge in [-0.1, -0.05) is 158 Å². The molecule has 0 saturated carbocycles. The third-order valence-corrected chi connectivity index (χ3v) is 10.2. The third kappa shape index (κ3) is 10.2. The van der Waals surface area contributed by atoms with Crippen LogP contribution in [0, 0.1) is 0 Å². The van der Waals surface area contributed by atoms with Crippen LogP contribution in [-0.2, 0) is 47.1 Å². The van der Waals surface area contributed by atoms with Crippen LogP contribution in [0.2, 0.25) is 0 Å². The first-order chi connectivity index (χ1) is 29.6. The molecule has 1 heterocycles. The van der Waals surface area contributed by atoms with Crippen LogP contribution in [0.25, 0.3) is 0 Å². The zero-order valence-corrected chi connectivity index (χ0v) is 33.4. The van der Waals surface area contributed by atoms with E-state index >= 15 is 0 Å². The van der Waals surface area contributed by atoms with Crippen LogP contribution in [0.4, 0.5) is 0 Å². The number of hydrogen-bond donors (Lipinski definition) is 0. The van der Waals surface area contributed by atoms with E-state index < -0.39 is 24.3 Å². The summed E-state index contributed by atoms with van der Waals surface area (Å²) in [6, 6.07) is 58.6. The van der Waals surface area contributed by atoms with Gasteiger partial charge in [0.15, 0.2) is 23.7 Å². The molecule has 0 fully saturated rings. The monoisotopic (exact) mass is 798 g/mol. The Morgan fingerprint density at radius 1 is 0.550 bits per heavy atom. The van der Waals surface area contributed by atoms with Crippen LogP contribution in [0.3, 0.4) is 0 Å². The Morgan fingerprint density at radius 2 is 1.03 bits per heavy atom. The van der Waals surface area contributed by atoms with Crippen molar-refractivity contribution in [1.29, 1.82) is 0 Å². The first kappa shape index (κ1) is 39.8. The number of benzene rings is 7. The fraction of sp³-hybridized carbons (Fsp3) is 0.173. The number of carbonyl (C=O) groups is 1. The van der Waals surface area contributed by atoms with Crippen molar-refractivity contribution in [2.24, 2.45) is 0 Å². The predicted molar refractivity (Wildman–Crippen MR) is 229 cm³/mol. The second-order valence-electron chi connectivity index (χ2n) is 14.4. The van der Waals surface area contributed by atoms with E-state index in [1.807, 2.05) is 182 Å². The molecule has 8 heteroatoms. The average Bonchev–Trinajstić information content (AvgIpc) is 3.30. The lowest BCUT2D eigenvalue weighted by Gasteiger charge is -2.35. The van der Waals surface area contributed by atoms with Crippen molar-refractivity contribution >= 4 is 5.97 Å². The van der Waals surface area contributed by atoms with Crippen molar-refractivity contribution in [3.63, 3.8) is 0 Å². The molecule has 0 aliphatic carbocycles. The minimum atomic E-state index is -0.950. The maximum Gasteiger partial charge on any atom is 0.340 e. The topological polar surface area (TPSA) is 81.7 Å². The highest BCUT2D eigenvalue weighted by Gasteiger charge is 2.39. The predicted octanol–water partition coefficient (Wildman–Crippen LogP) is 11.0. The number of carbonyl (C=O) groups excluding carboxylic acids is 1. The van der Waals surface area contributed by atoms with E-state index in [1.165, 1.54) is 7.11 Å². The van der Waals surface area contributed by atoms with Gasteiger partial charge in [0.2, 0.25) is 0 Å². The largest absolute Gasteiger partial charge is 0.489 e. The van der Waals surface area contributed by atoms with Crippen LogP contribution in [-0.4, -0.2) is 19.2 Å². The molecule has 0 N–H and O–H groups in total. The fourth-order valence-corrected chi connectivity index (χ4v) is 7.11. The molecule has 7 aromatic carbocycles. The number of esters is 1. The average molecular weight is 799 g/mol. The Balaban J connectivity index is 1.16. The van der Waals surface area contributed by atoms with E-state index in [4.69, 9.17) is 33.2 Å². The first-order valence-electron chi connectivity index (χ1n) is 20.0. The molecule has 7 aromatic rings. The Morgan fingerprint density at radius 3 is 1.57 bits per heavy atom. The van der Waals surface area contributed by atoms with Crippen molar-refractivity contribution in [2.45, 2.75) is 51.2 Å². The number of rotatable bonds is 17. The second kappa shape index (κ2) is 19.6. The highest BCUT2D eigenvalue weighted by atomic mass is 16.6. The first-order valence-corrected chi connectivity index (χ1v) is 20.0. The lowest BCUT2D eigenvalue weighted by Crippen LogP contribution is -2.36. The van der Waals surface area contributed by atoms with Gasteiger partial charge in [-0.05, 0) is 39.9 Å². The quantitative estimate of drug-likeness (QED) is 0.0843. The molecular formula is C52H46O8. The van der Waals surface area contributed by atoms with Crippen LogP contribution in [0.1, 0.15) is 51.2 Å². The maximum absolute atomic E-state index is 14.1. The Hall–Kier alpha value is -7.03. The van der Waals surface area contributed by atoms with Crippen molar-refractivity contribution < 1.29 is 38.0 Å². The minimum Gasteiger partial charge on any atom is -0.489 e. The van der Waals surface area contributed by atoms with Gasteiger partial charge in [-0.25, -0.2) is 4.79 Å². The summed E-state index contributed by atoms with van der Waals surface area (Å²) in [5.41, 5.74) is 6.22. The van der Waals surface area contributed by atoms with Gasteiger partial charge in [0.25, 0.3) is 0 Å². The van der Waals surface area contributed by atoms with E-state index in [0.717, 1.165) is 33.4 Å². The summed E-state index contributed by atoms with van der Waals surface area (Å²) in [7, 11) is 1.50. The van der Waals surface area contributed by atoms with Crippen LogP contribution >= 0.6 is 0 Å². The minimum absolute atomic E-state index is 0.284. The summed E-state index contributed by atoms with van der Waals surface area (Å²) in [4.78, 5) is 14.1. The Bertz CT molecular complexity index is 2430. The van der Waals surface area contributed by atoms with E-state index in [0.29, 0.717) is 60.7 Å². The normalized spacial score (nSPS) is 14.8. The smallest absolute Gasteiger partial charge is 0.340 e. The van der Waals surface area contributed by atoms with E-state index in [1.54, 1.807) is 0 Å². The SMILES string of the molecule is COC(C(=O)O[C@H]1Cc2c(OCc3ccccc3)cc(OCc3ccccc3)cc2O[C@H]1c1ccc(OCc2ccccc2)c(OCc2ccccc2)c1)c1ccccc1. The number of fused-ring (bicyclic) bond motifs is 1. The summed E-state index contributed by atoms with van der Waals surface area (Å²) in [5, 5.41) is 0. The van der Waals surface area contributed by atoms with Gasteiger partial charge < -0.3 is 33.2 Å². The van der Waals surface area contributed by atoms with Crippen LogP contribution in [0.5, 0.6) is 28.7 Å². The molecule has 302 valence electrons. The van der Waals surface area contributed by atoms with Gasteiger partial charge in [-0.15, -0.1) is 0 Å². The third-order valence-electron chi connectivity index (χ3n) is 10.2. The lowest BCUT2D eigenvalue weighted by molar-refractivity contribution is -0.167. The lowest BCUT2D eigenvalue weighted by atomic mass is 9.93. The molecule has 1 aliphatic heterocycles. The molecule has 60 heavy (non-hydrogen) atoms. The molecule has 0 amide bonds. The van der Waals surface area contributed by atoms with Crippen molar-refractivity contribution in [3.8, 4) is 28.7 Å². The summed E-state index contributed by atoms with van der Waals surface area (Å²) in [5.74, 6) is 2.27. The van der Waals surface area contributed by atoms with E-state index in [2.05, 4.69) is 0 Å². The van der Waals surface area contributed by atoms with Gasteiger partial charge in [-0.3, -0.25) is 0 Å². The van der Waals surface area contributed by atoms with Crippen molar-refractivity contribution in [1.82, 2.24) is 0 Å².